The second kappa shape index (κ2) is 8.76. The number of hydrogen-bond acceptors (Lipinski definition) is 4. The number of hydrogen-bond donors (Lipinski definition) is 1. The summed E-state index contributed by atoms with van der Waals surface area (Å²) in [4.78, 5) is 19.5. The molecule has 2 aromatic rings. The third-order valence-corrected chi connectivity index (χ3v) is 6.35. The zero-order valence-electron chi connectivity index (χ0n) is 16.8. The van der Waals surface area contributed by atoms with Crippen molar-refractivity contribution >= 4 is 17.5 Å². The second-order valence-corrected chi connectivity index (χ2v) is 8.92. The molecule has 0 aliphatic heterocycles. The fourth-order valence-electron chi connectivity index (χ4n) is 4.41. The van der Waals surface area contributed by atoms with Crippen LogP contribution in [0.25, 0.3) is 0 Å². The summed E-state index contributed by atoms with van der Waals surface area (Å²) in [6.45, 7) is 0.755. The topological polar surface area (TPSA) is 73.4 Å². The van der Waals surface area contributed by atoms with E-state index in [4.69, 9.17) is 22.1 Å². The van der Waals surface area contributed by atoms with Crippen LogP contribution in [0.1, 0.15) is 49.0 Å². The number of aryl methyl sites for hydroxylation is 1. The van der Waals surface area contributed by atoms with E-state index in [2.05, 4.69) is 9.88 Å². The first-order valence-electron chi connectivity index (χ1n) is 10.4. The molecule has 1 aromatic heterocycles. The van der Waals surface area contributed by atoms with Gasteiger partial charge in [-0.3, -0.25) is 4.79 Å². The van der Waals surface area contributed by atoms with Crippen LogP contribution in [0.2, 0.25) is 5.02 Å². The zero-order valence-corrected chi connectivity index (χ0v) is 17.6. The van der Waals surface area contributed by atoms with Gasteiger partial charge in [-0.25, -0.2) is 4.98 Å². The van der Waals surface area contributed by atoms with E-state index in [-0.39, 0.29) is 24.1 Å². The number of amides is 1. The van der Waals surface area contributed by atoms with Crippen LogP contribution in [0.15, 0.2) is 36.8 Å². The van der Waals surface area contributed by atoms with Crippen molar-refractivity contribution in [2.45, 2.75) is 56.7 Å². The molecule has 2 N–H and O–H groups in total. The molecule has 2 fully saturated rings. The number of nitrogens with zero attached hydrogens (tertiary/aromatic N) is 3. The maximum absolute atomic E-state index is 13.2. The van der Waals surface area contributed by atoms with Crippen molar-refractivity contribution in [2.24, 2.45) is 18.7 Å². The molecule has 156 valence electrons. The SMILES string of the molecule is Cn1cnc(C(=O)N(CC2CC(Oc3cccc(Cl)c3)C2)C2CCC(N)CC2)c1. The molecule has 2 saturated carbocycles. The summed E-state index contributed by atoms with van der Waals surface area (Å²) >= 11 is 6.04. The lowest BCUT2D eigenvalue weighted by molar-refractivity contribution is 0.0236. The van der Waals surface area contributed by atoms with Gasteiger partial charge in [0.1, 0.15) is 11.4 Å². The standard InChI is InChI=1S/C22H29ClN4O2/c1-26-13-21(25-14-26)22(28)27(18-7-5-17(24)6-8-18)12-15-9-20(10-15)29-19-4-2-3-16(23)11-19/h2-4,11,13-15,17-18,20H,5-10,12,24H2,1H3. The zero-order chi connectivity index (χ0) is 20.4. The van der Waals surface area contributed by atoms with Gasteiger partial charge in [-0.15, -0.1) is 0 Å². The van der Waals surface area contributed by atoms with Gasteiger partial charge in [0.2, 0.25) is 0 Å². The van der Waals surface area contributed by atoms with Crippen molar-refractivity contribution in [1.82, 2.24) is 14.5 Å². The summed E-state index contributed by atoms with van der Waals surface area (Å²) in [5, 5.41) is 0.681. The fraction of sp³-hybridized carbons (Fsp3) is 0.545. The molecule has 4 rings (SSSR count). The molecule has 0 radical (unpaired) electrons. The van der Waals surface area contributed by atoms with Crippen LogP contribution >= 0.6 is 11.6 Å². The number of nitrogens with two attached hydrogens (primary N) is 1. The quantitative estimate of drug-likeness (QED) is 0.780. The number of aromatic nitrogens is 2. The summed E-state index contributed by atoms with van der Waals surface area (Å²) in [6.07, 6.45) is 9.45. The van der Waals surface area contributed by atoms with Crippen LogP contribution in [-0.4, -0.2) is 45.1 Å². The highest BCUT2D eigenvalue weighted by Gasteiger charge is 2.37. The van der Waals surface area contributed by atoms with E-state index in [1.165, 1.54) is 0 Å². The van der Waals surface area contributed by atoms with E-state index >= 15 is 0 Å². The molecule has 0 unspecified atom stereocenters. The van der Waals surface area contributed by atoms with Crippen molar-refractivity contribution in [1.29, 1.82) is 0 Å². The van der Waals surface area contributed by atoms with E-state index in [0.29, 0.717) is 16.6 Å². The fourth-order valence-corrected chi connectivity index (χ4v) is 4.59. The highest BCUT2D eigenvalue weighted by atomic mass is 35.5. The highest BCUT2D eigenvalue weighted by Crippen LogP contribution is 2.34. The second-order valence-electron chi connectivity index (χ2n) is 8.49. The Balaban J connectivity index is 1.37. The average Bonchev–Trinajstić information content (AvgIpc) is 3.10. The van der Waals surface area contributed by atoms with E-state index in [9.17, 15) is 4.79 Å². The molecule has 1 amide bonds. The number of halogens is 1. The first-order chi connectivity index (χ1) is 14.0. The third-order valence-electron chi connectivity index (χ3n) is 6.11. The first-order valence-corrected chi connectivity index (χ1v) is 10.8. The largest absolute Gasteiger partial charge is 0.490 e. The Morgan fingerprint density at radius 3 is 2.72 bits per heavy atom. The van der Waals surface area contributed by atoms with Crippen LogP contribution in [0.3, 0.4) is 0 Å². The number of imidazole rings is 1. The van der Waals surface area contributed by atoms with Gasteiger partial charge in [-0.2, -0.15) is 0 Å². The highest BCUT2D eigenvalue weighted by molar-refractivity contribution is 6.30. The number of carbonyl (C=O) groups is 1. The molecule has 6 nitrogen and oxygen atoms in total. The molecular formula is C22H29ClN4O2. The van der Waals surface area contributed by atoms with E-state index in [1.54, 1.807) is 12.5 Å². The minimum atomic E-state index is 0.0327. The lowest BCUT2D eigenvalue weighted by Gasteiger charge is -2.42. The van der Waals surface area contributed by atoms with Crippen molar-refractivity contribution < 1.29 is 9.53 Å². The molecule has 1 aromatic carbocycles. The van der Waals surface area contributed by atoms with Gasteiger partial charge in [0.25, 0.3) is 5.91 Å². The Kier molecular flexibility index (Phi) is 6.11. The van der Waals surface area contributed by atoms with Crippen LogP contribution in [0, 0.1) is 5.92 Å². The maximum Gasteiger partial charge on any atom is 0.274 e. The normalized spacial score (nSPS) is 26.6. The average molecular weight is 417 g/mol. The molecule has 0 spiro atoms. The Hall–Kier alpha value is -2.05. The molecule has 0 atom stereocenters. The van der Waals surface area contributed by atoms with Crippen LogP contribution < -0.4 is 10.5 Å². The number of benzene rings is 1. The van der Waals surface area contributed by atoms with Gasteiger partial charge < -0.3 is 19.9 Å². The Bertz CT molecular complexity index is 841. The van der Waals surface area contributed by atoms with Gasteiger partial charge >= 0.3 is 0 Å². The molecular weight excluding hydrogens is 388 g/mol. The Morgan fingerprint density at radius 1 is 1.31 bits per heavy atom. The Labute approximate surface area is 177 Å². The minimum Gasteiger partial charge on any atom is -0.490 e. The molecule has 2 aliphatic rings. The van der Waals surface area contributed by atoms with Crippen molar-refractivity contribution in [3.05, 3.63) is 47.5 Å². The van der Waals surface area contributed by atoms with Gasteiger partial charge in [0, 0.05) is 36.9 Å². The lowest BCUT2D eigenvalue weighted by Crippen LogP contribution is -2.49. The lowest BCUT2D eigenvalue weighted by atomic mass is 9.80. The number of ether oxygens (including phenoxy) is 1. The first kappa shape index (κ1) is 20.2. The summed E-state index contributed by atoms with van der Waals surface area (Å²) in [5.41, 5.74) is 6.60. The van der Waals surface area contributed by atoms with Gasteiger partial charge in [0.15, 0.2) is 0 Å². The number of carbonyl (C=O) groups excluding carboxylic acids is 1. The van der Waals surface area contributed by atoms with Crippen molar-refractivity contribution in [3.8, 4) is 5.75 Å². The van der Waals surface area contributed by atoms with Crippen LogP contribution in [-0.2, 0) is 7.05 Å². The monoisotopic (exact) mass is 416 g/mol. The summed E-state index contributed by atoms with van der Waals surface area (Å²) in [7, 11) is 1.89. The van der Waals surface area contributed by atoms with Gasteiger partial charge in [-0.1, -0.05) is 17.7 Å². The van der Waals surface area contributed by atoms with E-state index in [0.717, 1.165) is 50.8 Å². The third kappa shape index (κ3) is 4.93. The molecule has 0 bridgehead atoms. The van der Waals surface area contributed by atoms with E-state index < -0.39 is 0 Å². The summed E-state index contributed by atoms with van der Waals surface area (Å²) < 4.78 is 7.85. The van der Waals surface area contributed by atoms with Gasteiger partial charge in [-0.05, 0) is 62.6 Å². The smallest absolute Gasteiger partial charge is 0.274 e. The summed E-state index contributed by atoms with van der Waals surface area (Å²) in [5.74, 6) is 1.29. The van der Waals surface area contributed by atoms with Crippen molar-refractivity contribution in [3.63, 3.8) is 0 Å². The molecule has 29 heavy (non-hydrogen) atoms. The predicted molar refractivity (Wildman–Crippen MR) is 113 cm³/mol. The van der Waals surface area contributed by atoms with Crippen LogP contribution in [0.4, 0.5) is 0 Å². The van der Waals surface area contributed by atoms with Crippen molar-refractivity contribution in [2.75, 3.05) is 6.54 Å². The minimum absolute atomic E-state index is 0.0327. The predicted octanol–water partition coefficient (Wildman–Crippen LogP) is 3.64. The molecule has 7 heteroatoms. The van der Waals surface area contributed by atoms with Crippen LogP contribution in [0.5, 0.6) is 5.75 Å². The molecule has 0 saturated heterocycles. The maximum atomic E-state index is 13.2. The van der Waals surface area contributed by atoms with Gasteiger partial charge in [0.05, 0.1) is 12.4 Å². The number of rotatable bonds is 6. The molecule has 2 aliphatic carbocycles. The Morgan fingerprint density at radius 2 is 2.07 bits per heavy atom. The summed E-state index contributed by atoms with van der Waals surface area (Å²) in [6, 6.07) is 8.03. The molecule has 1 heterocycles. The van der Waals surface area contributed by atoms with E-state index in [1.807, 2.05) is 35.9 Å².